The summed E-state index contributed by atoms with van der Waals surface area (Å²) in [6, 6.07) is 15.3. The summed E-state index contributed by atoms with van der Waals surface area (Å²) >= 11 is 1.53. The first-order valence-corrected chi connectivity index (χ1v) is 7.62. The number of hydrogen-bond donors (Lipinski definition) is 2. The van der Waals surface area contributed by atoms with Crippen molar-refractivity contribution in [3.8, 4) is 0 Å². The number of aliphatic hydroxyl groups excluding tert-OH is 1. The Morgan fingerprint density at radius 3 is 2.67 bits per heavy atom. The standard InChI is InChI=1S/C16H16N2O2S/c17-12-6-7-14-13(10-12)18(8-9-19)16(20)15(21-14)11-4-2-1-3-5-11/h1-7,10,15,19H,8-9,17H2. The van der Waals surface area contributed by atoms with Crippen LogP contribution >= 0.6 is 11.8 Å². The maximum absolute atomic E-state index is 12.7. The topological polar surface area (TPSA) is 66.6 Å². The molecule has 3 N–H and O–H groups in total. The largest absolute Gasteiger partial charge is 0.399 e. The number of rotatable bonds is 3. The van der Waals surface area contributed by atoms with E-state index in [-0.39, 0.29) is 24.3 Å². The van der Waals surface area contributed by atoms with Gasteiger partial charge in [0.2, 0.25) is 5.91 Å². The summed E-state index contributed by atoms with van der Waals surface area (Å²) in [5, 5.41) is 8.97. The van der Waals surface area contributed by atoms with Crippen LogP contribution in [0.15, 0.2) is 53.4 Å². The number of anilines is 2. The lowest BCUT2D eigenvalue weighted by molar-refractivity contribution is -0.118. The van der Waals surface area contributed by atoms with Gasteiger partial charge in [0.15, 0.2) is 0 Å². The van der Waals surface area contributed by atoms with Crippen LogP contribution in [0.2, 0.25) is 0 Å². The summed E-state index contributed by atoms with van der Waals surface area (Å²) in [7, 11) is 0. The smallest absolute Gasteiger partial charge is 0.245 e. The zero-order valence-electron chi connectivity index (χ0n) is 11.4. The van der Waals surface area contributed by atoms with Crippen molar-refractivity contribution in [2.75, 3.05) is 23.8 Å². The fourth-order valence-electron chi connectivity index (χ4n) is 2.45. The molecule has 2 aromatic rings. The fraction of sp³-hybridized carbons (Fsp3) is 0.188. The van der Waals surface area contributed by atoms with E-state index in [4.69, 9.17) is 5.73 Å². The number of nitrogen functional groups attached to an aromatic ring is 1. The Hall–Kier alpha value is -1.98. The fourth-order valence-corrected chi connectivity index (χ4v) is 3.66. The Kier molecular flexibility index (Phi) is 3.86. The van der Waals surface area contributed by atoms with Crippen LogP contribution < -0.4 is 10.6 Å². The number of amides is 1. The van der Waals surface area contributed by atoms with Gasteiger partial charge in [0.1, 0.15) is 5.25 Å². The molecule has 3 rings (SSSR count). The molecule has 0 saturated heterocycles. The van der Waals surface area contributed by atoms with Gasteiger partial charge in [-0.3, -0.25) is 4.79 Å². The van der Waals surface area contributed by atoms with Gasteiger partial charge in [0.25, 0.3) is 0 Å². The number of aliphatic hydroxyl groups is 1. The summed E-state index contributed by atoms with van der Waals surface area (Å²) < 4.78 is 0. The molecule has 1 aliphatic heterocycles. The molecule has 0 radical (unpaired) electrons. The second-order valence-corrected chi connectivity index (χ2v) is 6.00. The van der Waals surface area contributed by atoms with Gasteiger partial charge in [-0.1, -0.05) is 30.3 Å². The number of thioether (sulfide) groups is 1. The predicted molar refractivity (Wildman–Crippen MR) is 85.3 cm³/mol. The first-order chi connectivity index (χ1) is 10.2. The van der Waals surface area contributed by atoms with Crippen LogP contribution in [0.1, 0.15) is 10.8 Å². The minimum atomic E-state index is -0.283. The Morgan fingerprint density at radius 2 is 1.95 bits per heavy atom. The Balaban J connectivity index is 2.04. The molecule has 0 aliphatic carbocycles. The Labute approximate surface area is 127 Å². The molecular formula is C16H16N2O2S. The highest BCUT2D eigenvalue weighted by Crippen LogP contribution is 2.46. The number of hydrogen-bond acceptors (Lipinski definition) is 4. The molecule has 2 aromatic carbocycles. The third-order valence-electron chi connectivity index (χ3n) is 3.43. The highest BCUT2D eigenvalue weighted by Gasteiger charge is 2.34. The second-order valence-electron chi connectivity index (χ2n) is 4.85. The highest BCUT2D eigenvalue weighted by molar-refractivity contribution is 8.00. The first kappa shape index (κ1) is 14.0. The average molecular weight is 300 g/mol. The van der Waals surface area contributed by atoms with Crippen molar-refractivity contribution < 1.29 is 9.90 Å². The number of benzene rings is 2. The monoisotopic (exact) mass is 300 g/mol. The summed E-state index contributed by atoms with van der Waals surface area (Å²) in [6.45, 7) is 0.200. The van der Waals surface area contributed by atoms with Crippen LogP contribution in [0.5, 0.6) is 0 Å². The molecule has 1 heterocycles. The number of fused-ring (bicyclic) bond motifs is 1. The minimum Gasteiger partial charge on any atom is -0.399 e. The van der Waals surface area contributed by atoms with Gasteiger partial charge >= 0.3 is 0 Å². The number of carbonyl (C=O) groups excluding carboxylic acids is 1. The summed E-state index contributed by atoms with van der Waals surface area (Å²) in [4.78, 5) is 15.4. The van der Waals surface area contributed by atoms with E-state index in [0.29, 0.717) is 5.69 Å². The minimum absolute atomic E-state index is 0.0154. The van der Waals surface area contributed by atoms with Crippen molar-refractivity contribution >= 4 is 29.0 Å². The molecule has 1 unspecified atom stereocenters. The van der Waals surface area contributed by atoms with Gasteiger partial charge in [0.05, 0.1) is 12.3 Å². The summed E-state index contributed by atoms with van der Waals surface area (Å²) in [5.74, 6) is -0.0154. The molecule has 0 fully saturated rings. The molecular weight excluding hydrogens is 284 g/mol. The Bertz CT molecular complexity index is 661. The number of β-amino-alcohol motifs (C(OH)–C–C–N with tert-alkyl or cyclic N) is 1. The maximum Gasteiger partial charge on any atom is 0.245 e. The number of nitrogens with two attached hydrogens (primary N) is 1. The zero-order chi connectivity index (χ0) is 14.8. The lowest BCUT2D eigenvalue weighted by Gasteiger charge is -2.33. The molecule has 0 saturated carbocycles. The second kappa shape index (κ2) is 5.79. The molecule has 21 heavy (non-hydrogen) atoms. The van der Waals surface area contributed by atoms with Crippen molar-refractivity contribution in [2.45, 2.75) is 10.1 Å². The van der Waals surface area contributed by atoms with Crippen molar-refractivity contribution in [3.63, 3.8) is 0 Å². The Morgan fingerprint density at radius 1 is 1.19 bits per heavy atom. The van der Waals surface area contributed by atoms with E-state index in [9.17, 15) is 9.90 Å². The van der Waals surface area contributed by atoms with Gasteiger partial charge in [-0.25, -0.2) is 0 Å². The third-order valence-corrected chi connectivity index (χ3v) is 4.74. The van der Waals surface area contributed by atoms with Crippen molar-refractivity contribution in [3.05, 3.63) is 54.1 Å². The molecule has 0 bridgehead atoms. The van der Waals surface area contributed by atoms with Crippen molar-refractivity contribution in [1.82, 2.24) is 0 Å². The molecule has 4 nitrogen and oxygen atoms in total. The van der Waals surface area contributed by atoms with Crippen LogP contribution in [0.4, 0.5) is 11.4 Å². The summed E-state index contributed by atoms with van der Waals surface area (Å²) in [5.41, 5.74) is 8.19. The average Bonchev–Trinajstić information content (AvgIpc) is 2.51. The number of carbonyl (C=O) groups is 1. The van der Waals surface area contributed by atoms with Crippen LogP contribution in [0, 0.1) is 0 Å². The molecule has 1 atom stereocenters. The van der Waals surface area contributed by atoms with Gasteiger partial charge in [0, 0.05) is 17.1 Å². The molecule has 5 heteroatoms. The van der Waals surface area contributed by atoms with Crippen molar-refractivity contribution in [1.29, 1.82) is 0 Å². The van der Waals surface area contributed by atoms with Gasteiger partial charge in [-0.15, -0.1) is 11.8 Å². The van der Waals surface area contributed by atoms with Gasteiger partial charge < -0.3 is 15.7 Å². The molecule has 1 amide bonds. The normalized spacial score (nSPS) is 17.7. The van der Waals surface area contributed by atoms with E-state index in [1.807, 2.05) is 42.5 Å². The zero-order valence-corrected chi connectivity index (χ0v) is 12.2. The number of nitrogens with zero attached hydrogens (tertiary/aromatic N) is 1. The predicted octanol–water partition coefficient (Wildman–Crippen LogP) is 2.44. The van der Waals surface area contributed by atoms with Crippen LogP contribution in [0.3, 0.4) is 0 Å². The van der Waals surface area contributed by atoms with Gasteiger partial charge in [-0.2, -0.15) is 0 Å². The SMILES string of the molecule is Nc1ccc2c(c1)N(CCO)C(=O)C(c1ccccc1)S2. The maximum atomic E-state index is 12.7. The van der Waals surface area contributed by atoms with E-state index in [1.54, 1.807) is 11.0 Å². The van der Waals surface area contributed by atoms with Gasteiger partial charge in [-0.05, 0) is 23.8 Å². The first-order valence-electron chi connectivity index (χ1n) is 6.74. The van der Waals surface area contributed by atoms with E-state index in [2.05, 4.69) is 0 Å². The molecule has 0 aromatic heterocycles. The lowest BCUT2D eigenvalue weighted by Crippen LogP contribution is -2.39. The van der Waals surface area contributed by atoms with E-state index in [1.165, 1.54) is 11.8 Å². The molecule has 108 valence electrons. The molecule has 1 aliphatic rings. The van der Waals surface area contributed by atoms with Crippen LogP contribution in [0.25, 0.3) is 0 Å². The van der Waals surface area contributed by atoms with Crippen LogP contribution in [-0.2, 0) is 4.79 Å². The quantitative estimate of drug-likeness (QED) is 0.855. The highest BCUT2D eigenvalue weighted by atomic mass is 32.2. The molecule has 0 spiro atoms. The van der Waals surface area contributed by atoms with E-state index < -0.39 is 0 Å². The third kappa shape index (κ3) is 2.62. The lowest BCUT2D eigenvalue weighted by atomic mass is 10.1. The van der Waals surface area contributed by atoms with Crippen molar-refractivity contribution in [2.24, 2.45) is 0 Å². The van der Waals surface area contributed by atoms with E-state index >= 15 is 0 Å². The summed E-state index contributed by atoms with van der Waals surface area (Å²) in [6.07, 6.45) is 0. The van der Waals surface area contributed by atoms with Crippen LogP contribution in [-0.4, -0.2) is 24.2 Å². The van der Waals surface area contributed by atoms with E-state index in [0.717, 1.165) is 16.1 Å².